The van der Waals surface area contributed by atoms with Crippen LogP contribution in [0.5, 0.6) is 5.75 Å². The van der Waals surface area contributed by atoms with Crippen molar-refractivity contribution < 1.29 is 27.9 Å². The van der Waals surface area contributed by atoms with Crippen LogP contribution in [0.3, 0.4) is 0 Å². The summed E-state index contributed by atoms with van der Waals surface area (Å²) in [5, 5.41) is 11.5. The summed E-state index contributed by atoms with van der Waals surface area (Å²) in [6, 6.07) is 20.1. The zero-order valence-electron chi connectivity index (χ0n) is 19.8. The van der Waals surface area contributed by atoms with Crippen LogP contribution in [0.2, 0.25) is 0 Å². The molecule has 37 heavy (non-hydrogen) atoms. The number of phenolic OH excluding ortho intramolecular Hbond substituents is 1. The Bertz CT molecular complexity index is 1340. The Morgan fingerprint density at radius 3 is 2.27 bits per heavy atom. The third-order valence-corrected chi connectivity index (χ3v) is 5.86. The quantitative estimate of drug-likeness (QED) is 0.523. The van der Waals surface area contributed by atoms with E-state index < -0.39 is 18.6 Å². The second-order valence-electron chi connectivity index (χ2n) is 8.47. The van der Waals surface area contributed by atoms with Crippen LogP contribution >= 0.6 is 0 Å². The Balaban J connectivity index is 1.38. The number of amides is 2. The molecule has 0 aromatic heterocycles. The Kier molecular flexibility index (Phi) is 7.68. The van der Waals surface area contributed by atoms with Crippen LogP contribution in [0, 0.1) is 11.8 Å². The standard InChI is InChI=1S/C28H24F3N3O3/c29-28(30,31)19-32-26(36)22-10-12-23(13-11-22)33-14-16-34(17-15-33)27(37)25-7-2-1-5-21(25)9-8-20-4-3-6-24(35)18-20/h1-7,10-13,18,35H,14-17,19H2,(H,32,36). The monoisotopic (exact) mass is 507 g/mol. The van der Waals surface area contributed by atoms with E-state index in [1.165, 1.54) is 12.1 Å². The van der Waals surface area contributed by atoms with Gasteiger partial charge in [-0.05, 0) is 54.6 Å². The van der Waals surface area contributed by atoms with E-state index in [1.807, 2.05) is 11.4 Å². The van der Waals surface area contributed by atoms with Crippen LogP contribution in [-0.4, -0.2) is 60.7 Å². The number of rotatable bonds is 4. The number of nitrogens with zero attached hydrogens (tertiary/aromatic N) is 2. The van der Waals surface area contributed by atoms with Gasteiger partial charge in [0.1, 0.15) is 12.3 Å². The predicted octanol–water partition coefficient (Wildman–Crippen LogP) is 4.05. The van der Waals surface area contributed by atoms with Crippen molar-refractivity contribution >= 4 is 17.5 Å². The first-order valence-corrected chi connectivity index (χ1v) is 11.6. The van der Waals surface area contributed by atoms with Crippen molar-refractivity contribution in [3.05, 3.63) is 95.1 Å². The summed E-state index contributed by atoms with van der Waals surface area (Å²) in [6.07, 6.45) is -4.47. The van der Waals surface area contributed by atoms with Gasteiger partial charge in [-0.1, -0.05) is 30.0 Å². The Labute approximate surface area is 212 Å². The molecule has 1 heterocycles. The number of carbonyl (C=O) groups excluding carboxylic acids is 2. The molecule has 0 saturated carbocycles. The summed E-state index contributed by atoms with van der Waals surface area (Å²) in [5.74, 6) is 5.22. The average Bonchev–Trinajstić information content (AvgIpc) is 2.90. The molecule has 4 rings (SSSR count). The number of halogens is 3. The van der Waals surface area contributed by atoms with E-state index in [0.29, 0.717) is 42.9 Å². The van der Waals surface area contributed by atoms with Gasteiger partial charge in [0.15, 0.2) is 0 Å². The molecule has 6 nitrogen and oxygen atoms in total. The molecule has 0 radical (unpaired) electrons. The second kappa shape index (κ2) is 11.1. The van der Waals surface area contributed by atoms with Gasteiger partial charge < -0.3 is 20.2 Å². The fraction of sp³-hybridized carbons (Fsp3) is 0.214. The molecule has 1 fully saturated rings. The van der Waals surface area contributed by atoms with Gasteiger partial charge in [-0.25, -0.2) is 0 Å². The molecule has 0 spiro atoms. The minimum absolute atomic E-state index is 0.119. The van der Waals surface area contributed by atoms with Crippen LogP contribution in [0.15, 0.2) is 72.8 Å². The lowest BCUT2D eigenvalue weighted by molar-refractivity contribution is -0.123. The van der Waals surface area contributed by atoms with Gasteiger partial charge in [0.05, 0.1) is 5.56 Å². The molecular weight excluding hydrogens is 483 g/mol. The summed E-state index contributed by atoms with van der Waals surface area (Å²) in [7, 11) is 0. The highest BCUT2D eigenvalue weighted by Crippen LogP contribution is 2.20. The molecule has 0 aliphatic carbocycles. The number of phenols is 1. The lowest BCUT2D eigenvalue weighted by Gasteiger charge is -2.36. The number of carbonyl (C=O) groups is 2. The number of nitrogens with one attached hydrogen (secondary N) is 1. The summed E-state index contributed by atoms with van der Waals surface area (Å²) >= 11 is 0. The number of aromatic hydroxyl groups is 1. The molecule has 0 bridgehead atoms. The molecule has 1 saturated heterocycles. The highest BCUT2D eigenvalue weighted by atomic mass is 19.4. The highest BCUT2D eigenvalue weighted by Gasteiger charge is 2.28. The largest absolute Gasteiger partial charge is 0.508 e. The molecule has 2 N–H and O–H groups in total. The minimum Gasteiger partial charge on any atom is -0.508 e. The zero-order valence-corrected chi connectivity index (χ0v) is 19.8. The highest BCUT2D eigenvalue weighted by molar-refractivity contribution is 5.97. The van der Waals surface area contributed by atoms with Gasteiger partial charge in [0, 0.05) is 48.6 Å². The van der Waals surface area contributed by atoms with E-state index in [0.717, 1.165) is 5.69 Å². The normalized spacial score (nSPS) is 13.5. The maximum absolute atomic E-state index is 13.3. The Morgan fingerprint density at radius 2 is 1.59 bits per heavy atom. The van der Waals surface area contributed by atoms with Crippen molar-refractivity contribution in [3.63, 3.8) is 0 Å². The number of hydrogen-bond acceptors (Lipinski definition) is 4. The van der Waals surface area contributed by atoms with Gasteiger partial charge in [-0.15, -0.1) is 0 Å². The molecule has 1 aliphatic heterocycles. The van der Waals surface area contributed by atoms with Crippen LogP contribution in [0.1, 0.15) is 31.8 Å². The van der Waals surface area contributed by atoms with E-state index >= 15 is 0 Å². The SMILES string of the molecule is O=C(NCC(F)(F)F)c1ccc(N2CCN(C(=O)c3ccccc3C#Cc3cccc(O)c3)CC2)cc1. The molecule has 190 valence electrons. The number of alkyl halides is 3. The number of hydrogen-bond donors (Lipinski definition) is 2. The van der Waals surface area contributed by atoms with Gasteiger partial charge in [0.2, 0.25) is 0 Å². The fourth-order valence-electron chi connectivity index (χ4n) is 3.95. The van der Waals surface area contributed by atoms with Crippen molar-refractivity contribution in [2.75, 3.05) is 37.6 Å². The lowest BCUT2D eigenvalue weighted by atomic mass is 10.1. The molecule has 2 amide bonds. The Morgan fingerprint density at radius 1 is 0.892 bits per heavy atom. The molecule has 3 aromatic rings. The fourth-order valence-corrected chi connectivity index (χ4v) is 3.95. The third kappa shape index (κ3) is 6.82. The van der Waals surface area contributed by atoms with E-state index in [9.17, 15) is 27.9 Å². The third-order valence-electron chi connectivity index (χ3n) is 5.86. The first-order valence-electron chi connectivity index (χ1n) is 11.6. The molecular formula is C28H24F3N3O3. The zero-order chi connectivity index (χ0) is 26.4. The van der Waals surface area contributed by atoms with Crippen molar-refractivity contribution in [2.24, 2.45) is 0 Å². The molecule has 9 heteroatoms. The average molecular weight is 508 g/mol. The molecule has 0 atom stereocenters. The van der Waals surface area contributed by atoms with Gasteiger partial charge >= 0.3 is 6.18 Å². The first-order chi connectivity index (χ1) is 17.7. The van der Waals surface area contributed by atoms with Crippen molar-refractivity contribution in [2.45, 2.75) is 6.18 Å². The molecule has 3 aromatic carbocycles. The summed E-state index contributed by atoms with van der Waals surface area (Å²) in [4.78, 5) is 29.0. The van der Waals surface area contributed by atoms with Crippen LogP contribution < -0.4 is 10.2 Å². The maximum atomic E-state index is 13.3. The van der Waals surface area contributed by atoms with E-state index in [1.54, 1.807) is 59.5 Å². The van der Waals surface area contributed by atoms with Gasteiger partial charge in [0.25, 0.3) is 11.8 Å². The molecule has 1 aliphatic rings. The number of benzene rings is 3. The van der Waals surface area contributed by atoms with Crippen molar-refractivity contribution in [1.29, 1.82) is 0 Å². The summed E-state index contributed by atoms with van der Waals surface area (Å²) < 4.78 is 36.9. The van der Waals surface area contributed by atoms with Crippen LogP contribution in [0.25, 0.3) is 0 Å². The van der Waals surface area contributed by atoms with E-state index in [-0.39, 0.29) is 17.2 Å². The maximum Gasteiger partial charge on any atom is 0.405 e. The van der Waals surface area contributed by atoms with E-state index in [4.69, 9.17) is 0 Å². The summed E-state index contributed by atoms with van der Waals surface area (Å²) in [6.45, 7) is 0.682. The minimum atomic E-state index is -4.47. The molecule has 0 unspecified atom stereocenters. The number of anilines is 1. The smallest absolute Gasteiger partial charge is 0.405 e. The topological polar surface area (TPSA) is 72.9 Å². The van der Waals surface area contributed by atoms with Crippen LogP contribution in [0.4, 0.5) is 18.9 Å². The van der Waals surface area contributed by atoms with Gasteiger partial charge in [-0.2, -0.15) is 13.2 Å². The second-order valence-corrected chi connectivity index (χ2v) is 8.47. The summed E-state index contributed by atoms with van der Waals surface area (Å²) in [5.41, 5.74) is 2.69. The number of piperazine rings is 1. The van der Waals surface area contributed by atoms with Crippen LogP contribution in [-0.2, 0) is 0 Å². The van der Waals surface area contributed by atoms with E-state index in [2.05, 4.69) is 16.7 Å². The predicted molar refractivity (Wildman–Crippen MR) is 133 cm³/mol. The van der Waals surface area contributed by atoms with Crippen molar-refractivity contribution in [1.82, 2.24) is 10.2 Å². The van der Waals surface area contributed by atoms with Crippen molar-refractivity contribution in [3.8, 4) is 17.6 Å². The van der Waals surface area contributed by atoms with Gasteiger partial charge in [-0.3, -0.25) is 9.59 Å². The Hall–Kier alpha value is -4.45. The lowest BCUT2D eigenvalue weighted by Crippen LogP contribution is -2.49. The first kappa shape index (κ1) is 25.6.